The molecule has 1 saturated heterocycles. The Kier molecular flexibility index (Phi) is 7.31. The second-order valence-electron chi connectivity index (χ2n) is 6.08. The van der Waals surface area contributed by atoms with Crippen molar-refractivity contribution in [2.45, 2.75) is 25.7 Å². The van der Waals surface area contributed by atoms with E-state index in [0.29, 0.717) is 56.8 Å². The Morgan fingerprint density at radius 3 is 2.28 bits per heavy atom. The SMILES string of the molecule is COc1ccc(C(=O)CCCC(=O)N2CCN(CC(F)F)CC2)cc1. The predicted molar refractivity (Wildman–Crippen MR) is 90.2 cm³/mol. The van der Waals surface area contributed by atoms with Crippen LogP contribution in [-0.4, -0.2) is 67.7 Å². The third-order valence-corrected chi connectivity index (χ3v) is 4.33. The van der Waals surface area contributed by atoms with Crippen LogP contribution in [0, 0.1) is 0 Å². The van der Waals surface area contributed by atoms with Crippen LogP contribution in [0.2, 0.25) is 0 Å². The number of hydrogen-bond donors (Lipinski definition) is 0. The van der Waals surface area contributed by atoms with Gasteiger partial charge in [0, 0.05) is 44.6 Å². The number of piperazine rings is 1. The summed E-state index contributed by atoms with van der Waals surface area (Å²) >= 11 is 0. The average Bonchev–Trinajstić information content (AvgIpc) is 2.61. The van der Waals surface area contributed by atoms with Gasteiger partial charge < -0.3 is 9.64 Å². The number of halogens is 2. The van der Waals surface area contributed by atoms with E-state index >= 15 is 0 Å². The van der Waals surface area contributed by atoms with Gasteiger partial charge in [0.2, 0.25) is 5.91 Å². The quantitative estimate of drug-likeness (QED) is 0.673. The molecule has 1 aliphatic rings. The van der Waals surface area contributed by atoms with Gasteiger partial charge in [-0.2, -0.15) is 0 Å². The molecule has 0 radical (unpaired) electrons. The van der Waals surface area contributed by atoms with Crippen molar-refractivity contribution in [3.05, 3.63) is 29.8 Å². The van der Waals surface area contributed by atoms with E-state index in [-0.39, 0.29) is 18.2 Å². The minimum absolute atomic E-state index is 0.00259. The standard InChI is InChI=1S/C18H24F2N2O3/c1-25-15-7-5-14(6-8-15)16(23)3-2-4-18(24)22-11-9-21(10-12-22)13-17(19)20/h5-8,17H,2-4,9-13H2,1H3. The first-order chi connectivity index (χ1) is 12.0. The molecular weight excluding hydrogens is 330 g/mol. The van der Waals surface area contributed by atoms with Gasteiger partial charge in [-0.25, -0.2) is 8.78 Å². The Hall–Kier alpha value is -2.02. The van der Waals surface area contributed by atoms with E-state index in [1.807, 2.05) is 0 Å². The van der Waals surface area contributed by atoms with Crippen LogP contribution in [0.3, 0.4) is 0 Å². The highest BCUT2D eigenvalue weighted by atomic mass is 19.3. The molecule has 0 spiro atoms. The highest BCUT2D eigenvalue weighted by molar-refractivity contribution is 5.96. The van der Waals surface area contributed by atoms with Crippen LogP contribution in [0.25, 0.3) is 0 Å². The lowest BCUT2D eigenvalue weighted by atomic mass is 10.0. The summed E-state index contributed by atoms with van der Waals surface area (Å²) in [7, 11) is 1.57. The molecule has 0 atom stereocenters. The molecule has 0 N–H and O–H groups in total. The van der Waals surface area contributed by atoms with E-state index in [1.54, 1.807) is 41.2 Å². The summed E-state index contributed by atoms with van der Waals surface area (Å²) in [5, 5.41) is 0. The largest absolute Gasteiger partial charge is 0.497 e. The number of Topliss-reactive ketones (excluding diaryl/α,β-unsaturated/α-hetero) is 1. The van der Waals surface area contributed by atoms with E-state index in [1.165, 1.54) is 0 Å². The first-order valence-corrected chi connectivity index (χ1v) is 8.45. The summed E-state index contributed by atoms with van der Waals surface area (Å²) in [4.78, 5) is 27.6. The van der Waals surface area contributed by atoms with Crippen molar-refractivity contribution in [1.82, 2.24) is 9.80 Å². The molecule has 25 heavy (non-hydrogen) atoms. The first-order valence-electron chi connectivity index (χ1n) is 8.45. The van der Waals surface area contributed by atoms with Crippen molar-refractivity contribution in [3.63, 3.8) is 0 Å². The van der Waals surface area contributed by atoms with E-state index < -0.39 is 6.43 Å². The minimum atomic E-state index is -2.34. The molecule has 1 heterocycles. The second kappa shape index (κ2) is 9.46. The molecule has 138 valence electrons. The van der Waals surface area contributed by atoms with Crippen LogP contribution in [-0.2, 0) is 4.79 Å². The van der Waals surface area contributed by atoms with E-state index in [0.717, 1.165) is 0 Å². The topological polar surface area (TPSA) is 49.9 Å². The fourth-order valence-electron chi connectivity index (χ4n) is 2.85. The Bertz CT molecular complexity index is 570. The maximum atomic E-state index is 12.3. The summed E-state index contributed by atoms with van der Waals surface area (Å²) in [5.74, 6) is 0.675. The Balaban J connectivity index is 1.69. The molecule has 0 bridgehead atoms. The van der Waals surface area contributed by atoms with Crippen molar-refractivity contribution in [1.29, 1.82) is 0 Å². The second-order valence-corrected chi connectivity index (χ2v) is 6.08. The summed E-state index contributed by atoms with van der Waals surface area (Å²) in [6.07, 6.45) is -1.24. The van der Waals surface area contributed by atoms with E-state index in [4.69, 9.17) is 4.74 Å². The average molecular weight is 354 g/mol. The molecule has 7 heteroatoms. The van der Waals surface area contributed by atoms with Gasteiger partial charge in [-0.05, 0) is 30.7 Å². The number of hydrogen-bond acceptors (Lipinski definition) is 4. The van der Waals surface area contributed by atoms with Crippen LogP contribution >= 0.6 is 0 Å². The number of alkyl halides is 2. The predicted octanol–water partition coefficient (Wildman–Crippen LogP) is 2.46. The molecule has 0 aliphatic carbocycles. The van der Waals surface area contributed by atoms with Crippen molar-refractivity contribution in [2.24, 2.45) is 0 Å². The van der Waals surface area contributed by atoms with Gasteiger partial charge >= 0.3 is 0 Å². The van der Waals surface area contributed by atoms with Crippen LogP contribution in [0.1, 0.15) is 29.6 Å². The fraction of sp³-hybridized carbons (Fsp3) is 0.556. The molecule has 0 saturated carbocycles. The van der Waals surface area contributed by atoms with Crippen molar-refractivity contribution in [2.75, 3.05) is 39.8 Å². The van der Waals surface area contributed by atoms with Crippen LogP contribution in [0.5, 0.6) is 5.75 Å². The number of carbonyl (C=O) groups excluding carboxylic acids is 2. The van der Waals surface area contributed by atoms with Crippen molar-refractivity contribution >= 4 is 11.7 Å². The zero-order valence-electron chi connectivity index (χ0n) is 14.4. The van der Waals surface area contributed by atoms with Crippen LogP contribution in [0.4, 0.5) is 8.78 Å². The molecule has 5 nitrogen and oxygen atoms in total. The fourth-order valence-corrected chi connectivity index (χ4v) is 2.85. The zero-order chi connectivity index (χ0) is 18.2. The third kappa shape index (κ3) is 6.08. The number of ketones is 1. The molecule has 0 aromatic heterocycles. The maximum Gasteiger partial charge on any atom is 0.251 e. The Morgan fingerprint density at radius 1 is 1.08 bits per heavy atom. The smallest absolute Gasteiger partial charge is 0.251 e. The van der Waals surface area contributed by atoms with Gasteiger partial charge in [-0.3, -0.25) is 14.5 Å². The maximum absolute atomic E-state index is 12.3. The Morgan fingerprint density at radius 2 is 1.72 bits per heavy atom. The molecule has 1 aromatic carbocycles. The normalized spacial score (nSPS) is 15.4. The molecule has 2 rings (SSSR count). The van der Waals surface area contributed by atoms with Gasteiger partial charge in [0.05, 0.1) is 13.7 Å². The summed E-state index contributed by atoms with van der Waals surface area (Å²) in [5.41, 5.74) is 0.605. The molecule has 0 unspecified atom stereocenters. The third-order valence-electron chi connectivity index (χ3n) is 4.33. The molecule has 1 aliphatic heterocycles. The van der Waals surface area contributed by atoms with Crippen LogP contribution < -0.4 is 4.74 Å². The minimum Gasteiger partial charge on any atom is -0.497 e. The first kappa shape index (κ1) is 19.3. The van der Waals surface area contributed by atoms with Crippen molar-refractivity contribution in [3.8, 4) is 5.75 Å². The number of carbonyl (C=O) groups is 2. The molecular formula is C18H24F2N2O3. The van der Waals surface area contributed by atoms with Crippen molar-refractivity contribution < 1.29 is 23.1 Å². The molecule has 1 aromatic rings. The van der Waals surface area contributed by atoms with E-state index in [9.17, 15) is 18.4 Å². The Labute approximate surface area is 146 Å². The summed E-state index contributed by atoms with van der Waals surface area (Å²) < 4.78 is 29.7. The van der Waals surface area contributed by atoms with E-state index in [2.05, 4.69) is 0 Å². The zero-order valence-corrected chi connectivity index (χ0v) is 14.4. The van der Waals surface area contributed by atoms with Gasteiger partial charge in [-0.1, -0.05) is 0 Å². The highest BCUT2D eigenvalue weighted by Gasteiger charge is 2.22. The van der Waals surface area contributed by atoms with Crippen LogP contribution in [0.15, 0.2) is 24.3 Å². The van der Waals surface area contributed by atoms with Gasteiger partial charge in [0.15, 0.2) is 5.78 Å². The summed E-state index contributed by atoms with van der Waals surface area (Å²) in [6.45, 7) is 1.65. The lowest BCUT2D eigenvalue weighted by Crippen LogP contribution is -2.49. The molecule has 1 amide bonds. The number of methoxy groups -OCH3 is 1. The number of nitrogens with zero attached hydrogens (tertiary/aromatic N) is 2. The monoisotopic (exact) mass is 354 g/mol. The number of ether oxygens (including phenoxy) is 1. The molecule has 1 fully saturated rings. The van der Waals surface area contributed by atoms with Gasteiger partial charge in [0.1, 0.15) is 5.75 Å². The lowest BCUT2D eigenvalue weighted by molar-refractivity contribution is -0.133. The number of benzene rings is 1. The number of amides is 1. The van der Waals surface area contributed by atoms with Gasteiger partial charge in [-0.15, -0.1) is 0 Å². The number of rotatable bonds is 8. The highest BCUT2D eigenvalue weighted by Crippen LogP contribution is 2.14. The summed E-state index contributed by atoms with van der Waals surface area (Å²) in [6, 6.07) is 6.89. The lowest BCUT2D eigenvalue weighted by Gasteiger charge is -2.34. The van der Waals surface area contributed by atoms with Gasteiger partial charge in [0.25, 0.3) is 6.43 Å².